The Morgan fingerprint density at radius 3 is 2.68 bits per heavy atom. The average Bonchev–Trinajstić information content (AvgIpc) is 3.23. The van der Waals surface area contributed by atoms with Crippen LogP contribution in [0, 0.1) is 24.0 Å². The van der Waals surface area contributed by atoms with E-state index < -0.39 is 10.8 Å². The molecule has 0 aliphatic rings. The van der Waals surface area contributed by atoms with Crippen LogP contribution in [0.2, 0.25) is 0 Å². The molecule has 9 nitrogen and oxygen atoms in total. The summed E-state index contributed by atoms with van der Waals surface area (Å²) in [7, 11) is 1.59. The maximum atomic E-state index is 12.7. The molecule has 0 unspecified atom stereocenters. The Morgan fingerprint density at radius 1 is 1.15 bits per heavy atom. The summed E-state index contributed by atoms with van der Waals surface area (Å²) in [6.45, 7) is 3.41. The molecule has 172 valence electrons. The number of anilines is 1. The molecule has 4 aromatic rings. The molecule has 2 N–H and O–H groups in total. The Balaban J connectivity index is 1.54. The molecule has 0 bridgehead atoms. The number of carbonyl (C=O) groups is 1. The third-order valence-corrected chi connectivity index (χ3v) is 5.51. The number of amides is 1. The number of methoxy groups -OCH3 is 1. The third kappa shape index (κ3) is 4.57. The summed E-state index contributed by atoms with van der Waals surface area (Å²) in [5.41, 5.74) is 3.84. The fourth-order valence-electron chi connectivity index (χ4n) is 3.44. The second-order valence-electron chi connectivity index (χ2n) is 7.50. The van der Waals surface area contributed by atoms with E-state index in [1.807, 2.05) is 25.1 Å². The van der Waals surface area contributed by atoms with Crippen molar-refractivity contribution < 1.29 is 18.9 Å². The van der Waals surface area contributed by atoms with Gasteiger partial charge in [-0.25, -0.2) is 4.98 Å². The third-order valence-electron chi connectivity index (χ3n) is 5.30. The summed E-state index contributed by atoms with van der Waals surface area (Å²) >= 11 is 5.31. The van der Waals surface area contributed by atoms with Crippen molar-refractivity contribution in [2.24, 2.45) is 0 Å². The topological polar surface area (TPSA) is 120 Å². The molecule has 34 heavy (non-hydrogen) atoms. The molecular formula is C24H20N4O5S. The number of carbonyl (C=O) groups excluding carboxylic acids is 1. The number of benzene rings is 3. The van der Waals surface area contributed by atoms with E-state index in [4.69, 9.17) is 21.4 Å². The standard InChI is InChI=1S/C24H20N4O5S/c1-13-7-8-15(23-25-19-12-16(32-3)9-10-21(19)33-23)11-18(13)26-24(34)27-22(29)17-5-4-6-20(14(17)2)28(30)31/h4-12H,1-3H3,(H2,26,27,29,34). The Labute approximate surface area is 199 Å². The Hall–Kier alpha value is -4.31. The molecule has 0 aliphatic carbocycles. The fourth-order valence-corrected chi connectivity index (χ4v) is 3.64. The van der Waals surface area contributed by atoms with Crippen LogP contribution in [0.4, 0.5) is 11.4 Å². The number of nitrogens with zero attached hydrogens (tertiary/aromatic N) is 2. The highest BCUT2D eigenvalue weighted by molar-refractivity contribution is 7.80. The van der Waals surface area contributed by atoms with Crippen molar-refractivity contribution >= 4 is 45.7 Å². The van der Waals surface area contributed by atoms with Crippen molar-refractivity contribution in [3.05, 3.63) is 81.4 Å². The Kier molecular flexibility index (Phi) is 6.24. The summed E-state index contributed by atoms with van der Waals surface area (Å²) in [5.74, 6) is 0.563. The second-order valence-corrected chi connectivity index (χ2v) is 7.91. The van der Waals surface area contributed by atoms with E-state index in [1.165, 1.54) is 25.1 Å². The van der Waals surface area contributed by atoms with E-state index in [0.717, 1.165) is 5.56 Å². The zero-order chi connectivity index (χ0) is 24.4. The molecule has 0 saturated heterocycles. The summed E-state index contributed by atoms with van der Waals surface area (Å²) < 4.78 is 11.1. The number of nitro benzene ring substituents is 1. The summed E-state index contributed by atoms with van der Waals surface area (Å²) in [5, 5.41) is 16.8. The van der Waals surface area contributed by atoms with Crippen LogP contribution in [0.5, 0.6) is 5.75 Å². The van der Waals surface area contributed by atoms with Gasteiger partial charge >= 0.3 is 0 Å². The van der Waals surface area contributed by atoms with Crippen LogP contribution in [0.15, 0.2) is 59.0 Å². The summed E-state index contributed by atoms with van der Waals surface area (Å²) in [4.78, 5) is 27.8. The van der Waals surface area contributed by atoms with Crippen LogP contribution in [-0.2, 0) is 0 Å². The summed E-state index contributed by atoms with van der Waals surface area (Å²) in [6.07, 6.45) is 0. The molecule has 1 heterocycles. The predicted molar refractivity (Wildman–Crippen MR) is 132 cm³/mol. The van der Waals surface area contributed by atoms with Gasteiger partial charge in [0.05, 0.1) is 12.0 Å². The molecule has 0 spiro atoms. The van der Waals surface area contributed by atoms with E-state index >= 15 is 0 Å². The zero-order valence-corrected chi connectivity index (χ0v) is 19.4. The number of nitrogens with one attached hydrogen (secondary N) is 2. The van der Waals surface area contributed by atoms with E-state index in [-0.39, 0.29) is 21.9 Å². The molecule has 0 radical (unpaired) electrons. The first-order valence-electron chi connectivity index (χ1n) is 10.2. The van der Waals surface area contributed by atoms with Crippen LogP contribution < -0.4 is 15.4 Å². The van der Waals surface area contributed by atoms with Gasteiger partial charge in [-0.2, -0.15) is 0 Å². The van der Waals surface area contributed by atoms with Crippen molar-refractivity contribution in [3.8, 4) is 17.2 Å². The first-order chi connectivity index (χ1) is 16.3. The van der Waals surface area contributed by atoms with Gasteiger partial charge < -0.3 is 14.5 Å². The molecule has 10 heteroatoms. The van der Waals surface area contributed by atoms with Gasteiger partial charge in [0.15, 0.2) is 10.7 Å². The molecule has 4 rings (SSSR count). The van der Waals surface area contributed by atoms with Crippen LogP contribution in [0.3, 0.4) is 0 Å². The molecule has 1 amide bonds. The van der Waals surface area contributed by atoms with Gasteiger partial charge in [0.1, 0.15) is 11.3 Å². The normalized spacial score (nSPS) is 10.7. The number of aryl methyl sites for hydroxylation is 1. The largest absolute Gasteiger partial charge is 0.497 e. The van der Waals surface area contributed by atoms with E-state index in [0.29, 0.717) is 34.0 Å². The van der Waals surface area contributed by atoms with Crippen molar-refractivity contribution in [1.29, 1.82) is 0 Å². The fraction of sp³-hybridized carbons (Fsp3) is 0.125. The minimum absolute atomic E-state index is 0.0541. The Morgan fingerprint density at radius 2 is 1.94 bits per heavy atom. The van der Waals surface area contributed by atoms with Gasteiger partial charge in [0.25, 0.3) is 11.6 Å². The van der Waals surface area contributed by atoms with Gasteiger partial charge in [0.2, 0.25) is 5.89 Å². The lowest BCUT2D eigenvalue weighted by Crippen LogP contribution is -2.34. The minimum atomic E-state index is -0.541. The number of hydrogen-bond acceptors (Lipinski definition) is 7. The van der Waals surface area contributed by atoms with E-state index in [2.05, 4.69) is 15.6 Å². The van der Waals surface area contributed by atoms with Crippen molar-refractivity contribution in [3.63, 3.8) is 0 Å². The average molecular weight is 477 g/mol. The van der Waals surface area contributed by atoms with Gasteiger partial charge in [0, 0.05) is 34.5 Å². The molecule has 3 aromatic carbocycles. The lowest BCUT2D eigenvalue weighted by Gasteiger charge is -2.13. The highest BCUT2D eigenvalue weighted by Gasteiger charge is 2.19. The predicted octanol–water partition coefficient (Wildman–Crippen LogP) is 5.16. The number of ether oxygens (including phenoxy) is 1. The van der Waals surface area contributed by atoms with Gasteiger partial charge in [-0.15, -0.1) is 0 Å². The zero-order valence-electron chi connectivity index (χ0n) is 18.5. The molecule has 0 aliphatic heterocycles. The maximum Gasteiger partial charge on any atom is 0.273 e. The van der Waals surface area contributed by atoms with Gasteiger partial charge in [-0.3, -0.25) is 20.2 Å². The quantitative estimate of drug-likeness (QED) is 0.230. The van der Waals surface area contributed by atoms with Crippen molar-refractivity contribution in [2.75, 3.05) is 12.4 Å². The van der Waals surface area contributed by atoms with Crippen molar-refractivity contribution in [1.82, 2.24) is 10.3 Å². The molecule has 0 saturated carbocycles. The van der Waals surface area contributed by atoms with E-state index in [9.17, 15) is 14.9 Å². The van der Waals surface area contributed by atoms with Crippen LogP contribution in [-0.4, -0.2) is 28.0 Å². The SMILES string of the molecule is COc1ccc2oc(-c3ccc(C)c(NC(=S)NC(=O)c4cccc([N+](=O)[O-])c4C)c3)nc2c1. The highest BCUT2D eigenvalue weighted by Crippen LogP contribution is 2.29. The highest BCUT2D eigenvalue weighted by atomic mass is 32.1. The van der Waals surface area contributed by atoms with Crippen LogP contribution in [0.25, 0.3) is 22.6 Å². The van der Waals surface area contributed by atoms with Crippen molar-refractivity contribution in [2.45, 2.75) is 13.8 Å². The number of aromatic nitrogens is 1. The molecule has 0 fully saturated rings. The first kappa shape index (κ1) is 22.9. The number of rotatable bonds is 5. The lowest BCUT2D eigenvalue weighted by atomic mass is 10.1. The molecule has 0 atom stereocenters. The lowest BCUT2D eigenvalue weighted by molar-refractivity contribution is -0.385. The number of oxazole rings is 1. The Bertz CT molecular complexity index is 1450. The second kappa shape index (κ2) is 9.28. The monoisotopic (exact) mass is 476 g/mol. The molecular weight excluding hydrogens is 456 g/mol. The van der Waals surface area contributed by atoms with E-state index in [1.54, 1.807) is 25.3 Å². The molecule has 1 aromatic heterocycles. The van der Waals surface area contributed by atoms with Crippen LogP contribution in [0.1, 0.15) is 21.5 Å². The number of fused-ring (bicyclic) bond motifs is 1. The maximum absolute atomic E-state index is 12.7. The first-order valence-corrected chi connectivity index (χ1v) is 10.6. The smallest absolute Gasteiger partial charge is 0.273 e. The number of hydrogen-bond donors (Lipinski definition) is 2. The number of thiocarbonyl (C=S) groups is 1. The van der Waals surface area contributed by atoms with Gasteiger partial charge in [-0.05, 0) is 62.0 Å². The minimum Gasteiger partial charge on any atom is -0.497 e. The van der Waals surface area contributed by atoms with Gasteiger partial charge in [-0.1, -0.05) is 12.1 Å². The summed E-state index contributed by atoms with van der Waals surface area (Å²) in [6, 6.07) is 15.2. The van der Waals surface area contributed by atoms with Crippen LogP contribution >= 0.6 is 12.2 Å². The number of nitro groups is 1.